The van der Waals surface area contributed by atoms with Crippen molar-refractivity contribution in [3.63, 3.8) is 0 Å². The zero-order chi connectivity index (χ0) is 22.1. The second kappa shape index (κ2) is 8.60. The van der Waals surface area contributed by atoms with Gasteiger partial charge in [0.05, 0.1) is 22.6 Å². The number of carbonyl (C=O) groups excluding carboxylic acids is 2. The van der Waals surface area contributed by atoms with Crippen molar-refractivity contribution in [3.05, 3.63) is 79.8 Å². The summed E-state index contributed by atoms with van der Waals surface area (Å²) in [6.07, 6.45) is 1.37. The van der Waals surface area contributed by atoms with E-state index >= 15 is 0 Å². The Labute approximate surface area is 186 Å². The minimum Gasteiger partial charge on any atom is -0.507 e. The minimum atomic E-state index is -0.951. The third kappa shape index (κ3) is 4.11. The number of aliphatic hydroxyl groups excluding tert-OH is 1. The smallest absolute Gasteiger partial charge is 0.295 e. The number of halogens is 1. The third-order valence-electron chi connectivity index (χ3n) is 5.48. The number of carbonyl (C=O) groups is 2. The summed E-state index contributed by atoms with van der Waals surface area (Å²) in [4.78, 5) is 38.0. The Hall–Kier alpha value is -3.04. The van der Waals surface area contributed by atoms with Crippen molar-refractivity contribution in [2.24, 2.45) is 0 Å². The van der Waals surface area contributed by atoms with Gasteiger partial charge < -0.3 is 14.7 Å². The Kier molecular flexibility index (Phi) is 5.88. The maximum absolute atomic E-state index is 13.0. The molecule has 2 atom stereocenters. The van der Waals surface area contributed by atoms with E-state index in [2.05, 4.69) is 15.9 Å². The van der Waals surface area contributed by atoms with Crippen LogP contribution in [0.4, 0.5) is 5.69 Å². The number of rotatable bonds is 5. The van der Waals surface area contributed by atoms with E-state index in [0.717, 1.165) is 17.3 Å². The van der Waals surface area contributed by atoms with E-state index in [1.54, 1.807) is 30.3 Å². The number of non-ortho nitro benzene ring substituents is 1. The molecule has 2 aliphatic rings. The third-order valence-corrected chi connectivity index (χ3v) is 6.01. The number of nitro benzene ring substituents is 1. The molecule has 2 aromatic rings. The summed E-state index contributed by atoms with van der Waals surface area (Å²) in [5.41, 5.74) is 0.494. The highest BCUT2D eigenvalue weighted by Crippen LogP contribution is 2.41. The van der Waals surface area contributed by atoms with E-state index < -0.39 is 22.7 Å². The van der Waals surface area contributed by atoms with Crippen molar-refractivity contribution in [2.45, 2.75) is 25.0 Å². The standard InChI is InChI=1S/C22H19BrN2O6/c23-15-8-6-13(7-9-15)20(26)18-19(14-3-1-4-16(11-14)25(29)30)24(22(28)21(18)27)12-17-5-2-10-31-17/h1,3-4,6-9,11,17,19,26H,2,5,10,12H2/b20-18-. The number of benzene rings is 2. The maximum Gasteiger partial charge on any atom is 0.295 e. The number of nitro groups is 1. The molecule has 0 radical (unpaired) electrons. The lowest BCUT2D eigenvalue weighted by atomic mass is 9.95. The number of nitrogens with zero attached hydrogens (tertiary/aromatic N) is 2. The van der Waals surface area contributed by atoms with Gasteiger partial charge in [-0.15, -0.1) is 0 Å². The molecule has 1 N–H and O–H groups in total. The zero-order valence-corrected chi connectivity index (χ0v) is 17.9. The van der Waals surface area contributed by atoms with Crippen LogP contribution in [-0.4, -0.2) is 45.9 Å². The molecular weight excluding hydrogens is 468 g/mol. The maximum atomic E-state index is 13.0. The lowest BCUT2D eigenvalue weighted by molar-refractivity contribution is -0.384. The Morgan fingerprint density at radius 1 is 1.23 bits per heavy atom. The lowest BCUT2D eigenvalue weighted by Crippen LogP contribution is -2.36. The van der Waals surface area contributed by atoms with Crippen molar-refractivity contribution in [3.8, 4) is 0 Å². The monoisotopic (exact) mass is 486 g/mol. The molecule has 4 rings (SSSR count). The van der Waals surface area contributed by atoms with E-state index in [1.807, 2.05) is 0 Å². The fourth-order valence-electron chi connectivity index (χ4n) is 3.99. The number of Topliss-reactive ketones (excluding diaryl/α,β-unsaturated/α-hetero) is 1. The van der Waals surface area contributed by atoms with Crippen LogP contribution in [0.5, 0.6) is 0 Å². The van der Waals surface area contributed by atoms with Crippen LogP contribution < -0.4 is 0 Å². The summed E-state index contributed by atoms with van der Waals surface area (Å²) >= 11 is 3.32. The van der Waals surface area contributed by atoms with Crippen LogP contribution in [0.25, 0.3) is 5.76 Å². The number of amides is 1. The molecule has 8 nitrogen and oxygen atoms in total. The van der Waals surface area contributed by atoms with Crippen molar-refractivity contribution in [1.82, 2.24) is 4.90 Å². The number of hydrogen-bond acceptors (Lipinski definition) is 6. The average molecular weight is 487 g/mol. The molecule has 0 spiro atoms. The van der Waals surface area contributed by atoms with Gasteiger partial charge in [0.25, 0.3) is 17.4 Å². The minimum absolute atomic E-state index is 0.0918. The Morgan fingerprint density at radius 2 is 1.97 bits per heavy atom. The summed E-state index contributed by atoms with van der Waals surface area (Å²) in [7, 11) is 0. The number of likely N-dealkylation sites (tertiary alicyclic amines) is 1. The predicted octanol–water partition coefficient (Wildman–Crippen LogP) is 3.96. The van der Waals surface area contributed by atoms with Crippen molar-refractivity contribution in [1.29, 1.82) is 0 Å². The van der Waals surface area contributed by atoms with E-state index in [0.29, 0.717) is 17.7 Å². The highest BCUT2D eigenvalue weighted by atomic mass is 79.9. The molecule has 2 fully saturated rings. The molecule has 0 aliphatic carbocycles. The summed E-state index contributed by atoms with van der Waals surface area (Å²) in [6.45, 7) is 0.740. The van der Waals surface area contributed by atoms with Gasteiger partial charge in [0, 0.05) is 35.3 Å². The molecule has 2 saturated heterocycles. The van der Waals surface area contributed by atoms with Crippen LogP contribution in [0.15, 0.2) is 58.6 Å². The molecule has 0 bridgehead atoms. The van der Waals surface area contributed by atoms with Gasteiger partial charge >= 0.3 is 0 Å². The normalized spacial score (nSPS) is 22.8. The summed E-state index contributed by atoms with van der Waals surface area (Å²) in [5, 5.41) is 22.3. The summed E-state index contributed by atoms with van der Waals surface area (Å²) in [6, 6.07) is 11.5. The molecule has 0 aromatic heterocycles. The quantitative estimate of drug-likeness (QED) is 0.225. The number of hydrogen-bond donors (Lipinski definition) is 1. The van der Waals surface area contributed by atoms with Crippen LogP contribution >= 0.6 is 15.9 Å². The van der Waals surface area contributed by atoms with E-state index in [9.17, 15) is 24.8 Å². The molecule has 9 heteroatoms. The van der Waals surface area contributed by atoms with E-state index in [1.165, 1.54) is 23.1 Å². The molecule has 160 valence electrons. The fourth-order valence-corrected chi connectivity index (χ4v) is 4.26. The van der Waals surface area contributed by atoms with Gasteiger partial charge in [-0.3, -0.25) is 19.7 Å². The van der Waals surface area contributed by atoms with Gasteiger partial charge in [0.1, 0.15) is 5.76 Å². The van der Waals surface area contributed by atoms with Gasteiger partial charge in [0.15, 0.2) is 0 Å². The number of aliphatic hydroxyl groups is 1. The van der Waals surface area contributed by atoms with E-state index in [-0.39, 0.29) is 29.7 Å². The molecule has 2 aliphatic heterocycles. The largest absolute Gasteiger partial charge is 0.507 e. The molecule has 31 heavy (non-hydrogen) atoms. The van der Waals surface area contributed by atoms with Crippen LogP contribution in [0, 0.1) is 10.1 Å². The SMILES string of the molecule is O=C1C(=O)N(CC2CCCO2)C(c2cccc([N+](=O)[O-])c2)/C1=C(/O)c1ccc(Br)cc1. The van der Waals surface area contributed by atoms with Gasteiger partial charge in [-0.1, -0.05) is 40.2 Å². The van der Waals surface area contributed by atoms with Crippen LogP contribution in [0.3, 0.4) is 0 Å². The molecule has 2 aromatic carbocycles. The van der Waals surface area contributed by atoms with Gasteiger partial charge in [-0.2, -0.15) is 0 Å². The molecule has 2 heterocycles. The van der Waals surface area contributed by atoms with Crippen LogP contribution in [-0.2, 0) is 14.3 Å². The molecule has 2 unspecified atom stereocenters. The van der Waals surface area contributed by atoms with Crippen LogP contribution in [0.1, 0.15) is 30.0 Å². The van der Waals surface area contributed by atoms with Crippen LogP contribution in [0.2, 0.25) is 0 Å². The van der Waals surface area contributed by atoms with E-state index in [4.69, 9.17) is 4.74 Å². The van der Waals surface area contributed by atoms with Crippen molar-refractivity contribution < 1.29 is 24.4 Å². The molecule has 0 saturated carbocycles. The zero-order valence-electron chi connectivity index (χ0n) is 16.4. The number of ether oxygens (including phenoxy) is 1. The van der Waals surface area contributed by atoms with Crippen molar-refractivity contribution >= 4 is 39.1 Å². The lowest BCUT2D eigenvalue weighted by Gasteiger charge is -2.27. The topological polar surface area (TPSA) is 110 Å². The highest BCUT2D eigenvalue weighted by Gasteiger charge is 2.47. The first kappa shape index (κ1) is 21.2. The summed E-state index contributed by atoms with van der Waals surface area (Å²) < 4.78 is 6.43. The molecule has 1 amide bonds. The first-order valence-corrected chi connectivity index (χ1v) is 10.6. The Balaban J connectivity index is 1.85. The van der Waals surface area contributed by atoms with Gasteiger partial charge in [-0.05, 0) is 30.5 Å². The molecular formula is C22H19BrN2O6. The predicted molar refractivity (Wildman–Crippen MR) is 115 cm³/mol. The fraction of sp³-hybridized carbons (Fsp3) is 0.273. The Morgan fingerprint density at radius 3 is 2.61 bits per heavy atom. The second-order valence-electron chi connectivity index (χ2n) is 7.45. The van der Waals surface area contributed by atoms with Crippen molar-refractivity contribution in [2.75, 3.05) is 13.2 Å². The highest BCUT2D eigenvalue weighted by molar-refractivity contribution is 9.10. The number of ketones is 1. The summed E-state index contributed by atoms with van der Waals surface area (Å²) in [5.74, 6) is -1.90. The van der Waals surface area contributed by atoms with Gasteiger partial charge in [0.2, 0.25) is 0 Å². The Bertz CT molecular complexity index is 1080. The second-order valence-corrected chi connectivity index (χ2v) is 8.36. The first-order chi connectivity index (χ1) is 14.9. The first-order valence-electron chi connectivity index (χ1n) is 9.77. The average Bonchev–Trinajstić information content (AvgIpc) is 3.36. The van der Waals surface area contributed by atoms with Gasteiger partial charge in [-0.25, -0.2) is 0 Å².